The number of hydrogen-bond donors (Lipinski definition) is 1. The lowest BCUT2D eigenvalue weighted by atomic mass is 10.0. The number of methoxy groups -OCH3 is 1. The standard InChI is InChI=1S/C27H30N2O4/c1-19-12-14-20(15-13-19)18-29(27(31)24-11-6-16-33-24)25(21-7-5-10-23(17-21)32-2)26(30)28-22-8-3-4-9-22/h5-7,10-17,22,25H,3-4,8-9,18H2,1-2H3,(H,28,30). The monoisotopic (exact) mass is 446 g/mol. The van der Waals surface area contributed by atoms with Gasteiger partial charge in [0.25, 0.3) is 5.91 Å². The maximum atomic E-state index is 13.7. The first-order chi connectivity index (χ1) is 16.0. The second kappa shape index (κ2) is 10.4. The minimum atomic E-state index is -0.834. The van der Waals surface area contributed by atoms with E-state index >= 15 is 0 Å². The van der Waals surface area contributed by atoms with E-state index in [1.54, 1.807) is 24.1 Å². The Balaban J connectivity index is 1.75. The molecular weight excluding hydrogens is 416 g/mol. The molecule has 3 aromatic rings. The zero-order valence-corrected chi connectivity index (χ0v) is 19.1. The molecule has 172 valence electrons. The fourth-order valence-electron chi connectivity index (χ4n) is 4.35. The molecule has 6 nitrogen and oxygen atoms in total. The predicted octanol–water partition coefficient (Wildman–Crippen LogP) is 5.04. The van der Waals surface area contributed by atoms with Crippen LogP contribution in [0.25, 0.3) is 0 Å². The summed E-state index contributed by atoms with van der Waals surface area (Å²) >= 11 is 0. The summed E-state index contributed by atoms with van der Waals surface area (Å²) < 4.78 is 10.8. The van der Waals surface area contributed by atoms with Crippen molar-refractivity contribution in [2.24, 2.45) is 0 Å². The molecule has 1 aromatic heterocycles. The predicted molar refractivity (Wildman–Crippen MR) is 126 cm³/mol. The second-order valence-corrected chi connectivity index (χ2v) is 8.57. The zero-order chi connectivity index (χ0) is 23.2. The van der Waals surface area contributed by atoms with Gasteiger partial charge in [-0.2, -0.15) is 0 Å². The Hall–Kier alpha value is -3.54. The first-order valence-electron chi connectivity index (χ1n) is 11.4. The summed E-state index contributed by atoms with van der Waals surface area (Å²) in [7, 11) is 1.59. The first-order valence-corrected chi connectivity index (χ1v) is 11.4. The van der Waals surface area contributed by atoms with Crippen LogP contribution in [-0.2, 0) is 11.3 Å². The SMILES string of the molecule is COc1cccc(C(C(=O)NC2CCCC2)N(Cc2ccc(C)cc2)C(=O)c2ccco2)c1. The van der Waals surface area contributed by atoms with Gasteiger partial charge in [0.2, 0.25) is 5.91 Å². The summed E-state index contributed by atoms with van der Waals surface area (Å²) in [4.78, 5) is 28.9. The summed E-state index contributed by atoms with van der Waals surface area (Å²) in [5, 5.41) is 3.19. The number of carbonyl (C=O) groups excluding carboxylic acids is 2. The molecule has 0 aliphatic heterocycles. The highest BCUT2D eigenvalue weighted by Gasteiger charge is 2.35. The van der Waals surface area contributed by atoms with E-state index in [1.165, 1.54) is 6.26 Å². The molecule has 0 radical (unpaired) electrons. The van der Waals surface area contributed by atoms with Crippen molar-refractivity contribution in [2.45, 2.75) is 51.2 Å². The Bertz CT molecular complexity index is 1070. The van der Waals surface area contributed by atoms with Gasteiger partial charge in [0.1, 0.15) is 11.8 Å². The van der Waals surface area contributed by atoms with E-state index in [9.17, 15) is 9.59 Å². The number of ether oxygens (including phenoxy) is 1. The van der Waals surface area contributed by atoms with Crippen molar-refractivity contribution < 1.29 is 18.7 Å². The van der Waals surface area contributed by atoms with E-state index in [1.807, 2.05) is 55.5 Å². The number of amides is 2. The van der Waals surface area contributed by atoms with Gasteiger partial charge in [-0.25, -0.2) is 0 Å². The van der Waals surface area contributed by atoms with Crippen LogP contribution in [0.4, 0.5) is 0 Å². The van der Waals surface area contributed by atoms with E-state index < -0.39 is 6.04 Å². The normalized spacial score (nSPS) is 14.6. The Morgan fingerprint density at radius 3 is 2.52 bits per heavy atom. The van der Waals surface area contributed by atoms with Gasteiger partial charge in [-0.05, 0) is 55.2 Å². The number of carbonyl (C=O) groups is 2. The van der Waals surface area contributed by atoms with E-state index in [-0.39, 0.29) is 30.2 Å². The van der Waals surface area contributed by atoms with Gasteiger partial charge in [-0.3, -0.25) is 9.59 Å². The highest BCUT2D eigenvalue weighted by Crippen LogP contribution is 2.29. The highest BCUT2D eigenvalue weighted by atomic mass is 16.5. The van der Waals surface area contributed by atoms with Gasteiger partial charge < -0.3 is 19.4 Å². The molecule has 1 aliphatic carbocycles. The topological polar surface area (TPSA) is 71.8 Å². The van der Waals surface area contributed by atoms with Gasteiger partial charge >= 0.3 is 0 Å². The van der Waals surface area contributed by atoms with Crippen LogP contribution in [0, 0.1) is 6.92 Å². The van der Waals surface area contributed by atoms with Crippen molar-refractivity contribution in [2.75, 3.05) is 7.11 Å². The smallest absolute Gasteiger partial charge is 0.290 e. The average Bonchev–Trinajstić information content (AvgIpc) is 3.54. The van der Waals surface area contributed by atoms with Crippen LogP contribution in [0.15, 0.2) is 71.3 Å². The van der Waals surface area contributed by atoms with Crippen LogP contribution in [0.1, 0.15) is 59.0 Å². The van der Waals surface area contributed by atoms with Crippen LogP contribution in [-0.4, -0.2) is 29.9 Å². The fourth-order valence-corrected chi connectivity index (χ4v) is 4.35. The van der Waals surface area contributed by atoms with Gasteiger partial charge in [0.15, 0.2) is 5.76 Å². The number of furan rings is 1. The molecule has 0 saturated heterocycles. The molecule has 1 N–H and O–H groups in total. The van der Waals surface area contributed by atoms with Crippen LogP contribution in [0.2, 0.25) is 0 Å². The quantitative estimate of drug-likeness (QED) is 0.526. The third-order valence-corrected chi connectivity index (χ3v) is 6.14. The Labute approximate surface area is 194 Å². The van der Waals surface area contributed by atoms with Crippen molar-refractivity contribution in [3.8, 4) is 5.75 Å². The Kier molecular flexibility index (Phi) is 7.13. The Morgan fingerprint density at radius 1 is 1.09 bits per heavy atom. The molecule has 1 fully saturated rings. The van der Waals surface area contributed by atoms with Gasteiger partial charge in [0, 0.05) is 12.6 Å². The summed E-state index contributed by atoms with van der Waals surface area (Å²) in [6.07, 6.45) is 5.60. The molecule has 2 aromatic carbocycles. The summed E-state index contributed by atoms with van der Waals surface area (Å²) in [5.41, 5.74) is 2.75. The minimum Gasteiger partial charge on any atom is -0.497 e. The lowest BCUT2D eigenvalue weighted by Crippen LogP contribution is -2.45. The maximum absolute atomic E-state index is 13.7. The molecule has 0 spiro atoms. The summed E-state index contributed by atoms with van der Waals surface area (Å²) in [5.74, 6) is 0.299. The van der Waals surface area contributed by atoms with Gasteiger partial charge in [-0.1, -0.05) is 54.8 Å². The molecule has 6 heteroatoms. The molecule has 1 aliphatic rings. The number of aryl methyl sites for hydroxylation is 1. The average molecular weight is 447 g/mol. The van der Waals surface area contributed by atoms with E-state index in [0.717, 1.165) is 36.8 Å². The third-order valence-electron chi connectivity index (χ3n) is 6.14. The molecule has 1 unspecified atom stereocenters. The van der Waals surface area contributed by atoms with Gasteiger partial charge in [0.05, 0.1) is 13.4 Å². The molecule has 0 bridgehead atoms. The number of nitrogens with one attached hydrogen (secondary N) is 1. The van der Waals surface area contributed by atoms with Crippen LogP contribution < -0.4 is 10.1 Å². The van der Waals surface area contributed by atoms with Crippen molar-refractivity contribution in [3.63, 3.8) is 0 Å². The number of nitrogens with zero attached hydrogens (tertiary/aromatic N) is 1. The van der Waals surface area contributed by atoms with E-state index in [4.69, 9.17) is 9.15 Å². The molecule has 4 rings (SSSR count). The number of benzene rings is 2. The maximum Gasteiger partial charge on any atom is 0.290 e. The third kappa shape index (κ3) is 5.45. The molecular formula is C27H30N2O4. The van der Waals surface area contributed by atoms with Gasteiger partial charge in [-0.15, -0.1) is 0 Å². The van der Waals surface area contributed by atoms with Crippen LogP contribution in [0.5, 0.6) is 5.75 Å². The first kappa shape index (κ1) is 22.6. The molecule has 1 heterocycles. The Morgan fingerprint density at radius 2 is 1.85 bits per heavy atom. The van der Waals surface area contributed by atoms with Crippen LogP contribution >= 0.6 is 0 Å². The molecule has 1 atom stereocenters. The minimum absolute atomic E-state index is 0.130. The molecule has 1 saturated carbocycles. The number of hydrogen-bond acceptors (Lipinski definition) is 4. The zero-order valence-electron chi connectivity index (χ0n) is 19.1. The lowest BCUT2D eigenvalue weighted by Gasteiger charge is -2.32. The highest BCUT2D eigenvalue weighted by molar-refractivity contribution is 5.96. The summed E-state index contributed by atoms with van der Waals surface area (Å²) in [6.45, 7) is 2.28. The fraction of sp³-hybridized carbons (Fsp3) is 0.333. The molecule has 33 heavy (non-hydrogen) atoms. The largest absolute Gasteiger partial charge is 0.497 e. The summed E-state index contributed by atoms with van der Waals surface area (Å²) in [6, 6.07) is 17.9. The van der Waals surface area contributed by atoms with Crippen LogP contribution in [0.3, 0.4) is 0 Å². The van der Waals surface area contributed by atoms with E-state index in [0.29, 0.717) is 11.3 Å². The van der Waals surface area contributed by atoms with Crippen molar-refractivity contribution in [1.82, 2.24) is 10.2 Å². The lowest BCUT2D eigenvalue weighted by molar-refractivity contribution is -0.126. The molecule has 2 amide bonds. The number of rotatable bonds is 8. The van der Waals surface area contributed by atoms with Crippen molar-refractivity contribution in [3.05, 3.63) is 89.4 Å². The second-order valence-electron chi connectivity index (χ2n) is 8.57. The van der Waals surface area contributed by atoms with Crippen molar-refractivity contribution in [1.29, 1.82) is 0 Å². The van der Waals surface area contributed by atoms with E-state index in [2.05, 4.69) is 5.32 Å². The van der Waals surface area contributed by atoms with Crippen molar-refractivity contribution >= 4 is 11.8 Å².